The Bertz CT molecular complexity index is 611. The maximum Gasteiger partial charge on any atom is 0.123 e. The normalized spacial score (nSPS) is 18.5. The third kappa shape index (κ3) is 4.08. The molecule has 1 fully saturated rings. The minimum Gasteiger partial charge on any atom is -0.489 e. The summed E-state index contributed by atoms with van der Waals surface area (Å²) in [5, 5.41) is 0. The van der Waals surface area contributed by atoms with Gasteiger partial charge in [-0.25, -0.2) is 4.39 Å². The molecule has 0 bridgehead atoms. The van der Waals surface area contributed by atoms with E-state index in [0.717, 1.165) is 23.8 Å². The summed E-state index contributed by atoms with van der Waals surface area (Å²) in [6.45, 7) is 6.09. The van der Waals surface area contributed by atoms with Gasteiger partial charge in [-0.3, -0.25) is 4.90 Å². The highest BCUT2D eigenvalue weighted by Gasteiger charge is 2.18. The van der Waals surface area contributed by atoms with Gasteiger partial charge in [0.2, 0.25) is 0 Å². The number of nitrogens with zero attached hydrogens (tertiary/aromatic N) is 1. The SMILES string of the molecule is C[C@H]1CCN(Cc2ccc(OCc3cccc(F)c3)cc2)C1. The second-order valence-electron chi connectivity index (χ2n) is 6.19. The zero-order chi connectivity index (χ0) is 15.4. The van der Waals surface area contributed by atoms with E-state index in [-0.39, 0.29) is 5.82 Å². The quantitative estimate of drug-likeness (QED) is 0.818. The van der Waals surface area contributed by atoms with E-state index in [1.54, 1.807) is 6.07 Å². The molecule has 2 aromatic rings. The first-order chi connectivity index (χ1) is 10.7. The third-order valence-corrected chi connectivity index (χ3v) is 4.13. The van der Waals surface area contributed by atoms with Crippen LogP contribution in [0, 0.1) is 11.7 Å². The van der Waals surface area contributed by atoms with Gasteiger partial charge in [-0.15, -0.1) is 0 Å². The average Bonchev–Trinajstić information content (AvgIpc) is 2.92. The number of benzene rings is 2. The molecule has 0 saturated carbocycles. The first-order valence-corrected chi connectivity index (χ1v) is 7.87. The summed E-state index contributed by atoms with van der Waals surface area (Å²) in [6.07, 6.45) is 1.30. The molecule has 3 rings (SSSR count). The van der Waals surface area contributed by atoms with E-state index in [1.807, 2.05) is 18.2 Å². The topological polar surface area (TPSA) is 12.5 Å². The summed E-state index contributed by atoms with van der Waals surface area (Å²) in [5.74, 6) is 1.41. The molecule has 22 heavy (non-hydrogen) atoms. The van der Waals surface area contributed by atoms with Gasteiger partial charge in [-0.1, -0.05) is 31.2 Å². The predicted octanol–water partition coefficient (Wildman–Crippen LogP) is 4.25. The van der Waals surface area contributed by atoms with Crippen LogP contribution < -0.4 is 4.74 Å². The highest BCUT2D eigenvalue weighted by atomic mass is 19.1. The number of hydrogen-bond acceptors (Lipinski definition) is 2. The van der Waals surface area contributed by atoms with Gasteiger partial charge in [0, 0.05) is 13.1 Å². The summed E-state index contributed by atoms with van der Waals surface area (Å²) in [5.41, 5.74) is 2.15. The van der Waals surface area contributed by atoms with Crippen LogP contribution in [0.1, 0.15) is 24.5 Å². The molecule has 0 N–H and O–H groups in total. The van der Waals surface area contributed by atoms with Crippen LogP contribution >= 0.6 is 0 Å². The van der Waals surface area contributed by atoms with Crippen LogP contribution in [-0.4, -0.2) is 18.0 Å². The van der Waals surface area contributed by atoms with Gasteiger partial charge in [-0.05, 0) is 54.3 Å². The first-order valence-electron chi connectivity index (χ1n) is 7.87. The molecule has 3 heteroatoms. The minimum atomic E-state index is -0.226. The minimum absolute atomic E-state index is 0.226. The Morgan fingerprint density at radius 2 is 1.95 bits per heavy atom. The lowest BCUT2D eigenvalue weighted by Crippen LogP contribution is -2.19. The fourth-order valence-corrected chi connectivity index (χ4v) is 2.91. The van der Waals surface area contributed by atoms with Crippen molar-refractivity contribution >= 4 is 0 Å². The standard InChI is InChI=1S/C19H22FNO/c1-15-9-10-21(12-15)13-16-5-7-19(8-6-16)22-14-17-3-2-4-18(20)11-17/h2-8,11,15H,9-10,12-14H2,1H3/t15-/m0/s1. The summed E-state index contributed by atoms with van der Waals surface area (Å²) in [7, 11) is 0. The average molecular weight is 299 g/mol. The van der Waals surface area contributed by atoms with E-state index < -0.39 is 0 Å². The monoisotopic (exact) mass is 299 g/mol. The van der Waals surface area contributed by atoms with E-state index in [0.29, 0.717) is 6.61 Å². The van der Waals surface area contributed by atoms with E-state index >= 15 is 0 Å². The van der Waals surface area contributed by atoms with Crippen molar-refractivity contribution < 1.29 is 9.13 Å². The summed E-state index contributed by atoms with van der Waals surface area (Å²) < 4.78 is 18.8. The molecular weight excluding hydrogens is 277 g/mol. The largest absolute Gasteiger partial charge is 0.489 e. The third-order valence-electron chi connectivity index (χ3n) is 4.13. The Morgan fingerprint density at radius 3 is 2.64 bits per heavy atom. The lowest BCUT2D eigenvalue weighted by molar-refractivity contribution is 0.304. The smallest absolute Gasteiger partial charge is 0.123 e. The maximum atomic E-state index is 13.1. The second-order valence-corrected chi connectivity index (χ2v) is 6.19. The van der Waals surface area contributed by atoms with Gasteiger partial charge < -0.3 is 4.74 Å². The van der Waals surface area contributed by atoms with Crippen molar-refractivity contribution in [3.8, 4) is 5.75 Å². The highest BCUT2D eigenvalue weighted by Crippen LogP contribution is 2.20. The zero-order valence-corrected chi connectivity index (χ0v) is 13.0. The van der Waals surface area contributed by atoms with Crippen LogP contribution in [0.25, 0.3) is 0 Å². The Kier molecular flexibility index (Phi) is 4.74. The molecule has 0 aromatic heterocycles. The summed E-state index contributed by atoms with van der Waals surface area (Å²) in [4.78, 5) is 2.49. The first kappa shape index (κ1) is 15.0. The fraction of sp³-hybridized carbons (Fsp3) is 0.368. The molecule has 1 aliphatic rings. The Hall–Kier alpha value is -1.87. The fourth-order valence-electron chi connectivity index (χ4n) is 2.91. The second kappa shape index (κ2) is 6.93. The van der Waals surface area contributed by atoms with Crippen molar-refractivity contribution in [1.29, 1.82) is 0 Å². The van der Waals surface area contributed by atoms with Gasteiger partial charge in [0.25, 0.3) is 0 Å². The van der Waals surface area contributed by atoms with Crippen LogP contribution in [0.15, 0.2) is 48.5 Å². The number of hydrogen-bond donors (Lipinski definition) is 0. The van der Waals surface area contributed by atoms with Crippen molar-refractivity contribution in [1.82, 2.24) is 4.90 Å². The molecule has 1 heterocycles. The molecule has 0 radical (unpaired) electrons. The number of ether oxygens (including phenoxy) is 1. The van der Waals surface area contributed by atoms with Gasteiger partial charge in [-0.2, -0.15) is 0 Å². The van der Waals surface area contributed by atoms with E-state index in [9.17, 15) is 4.39 Å². The lowest BCUT2D eigenvalue weighted by Gasteiger charge is -2.15. The number of likely N-dealkylation sites (tertiary alicyclic amines) is 1. The highest BCUT2D eigenvalue weighted by molar-refractivity contribution is 5.28. The molecule has 0 spiro atoms. The molecule has 2 nitrogen and oxygen atoms in total. The van der Waals surface area contributed by atoms with Gasteiger partial charge in [0.05, 0.1) is 0 Å². The van der Waals surface area contributed by atoms with Gasteiger partial charge in [0.15, 0.2) is 0 Å². The molecule has 0 aliphatic carbocycles. The van der Waals surface area contributed by atoms with E-state index in [4.69, 9.17) is 4.74 Å². The Balaban J connectivity index is 1.53. The molecular formula is C19H22FNO. The van der Waals surface area contributed by atoms with Crippen molar-refractivity contribution in [2.45, 2.75) is 26.5 Å². The Labute approximate surface area is 131 Å². The molecule has 1 saturated heterocycles. The molecule has 0 amide bonds. The molecule has 0 unspecified atom stereocenters. The molecule has 116 valence electrons. The Morgan fingerprint density at radius 1 is 1.14 bits per heavy atom. The van der Waals surface area contributed by atoms with Crippen LogP contribution in [-0.2, 0) is 13.2 Å². The summed E-state index contributed by atoms with van der Waals surface area (Å²) >= 11 is 0. The van der Waals surface area contributed by atoms with Crippen molar-refractivity contribution in [2.75, 3.05) is 13.1 Å². The molecule has 1 atom stereocenters. The van der Waals surface area contributed by atoms with Crippen LogP contribution in [0.3, 0.4) is 0 Å². The van der Waals surface area contributed by atoms with Gasteiger partial charge >= 0.3 is 0 Å². The van der Waals surface area contributed by atoms with E-state index in [1.165, 1.54) is 37.2 Å². The van der Waals surface area contributed by atoms with Crippen molar-refractivity contribution in [3.05, 3.63) is 65.5 Å². The van der Waals surface area contributed by atoms with Crippen LogP contribution in [0.4, 0.5) is 4.39 Å². The van der Waals surface area contributed by atoms with Crippen LogP contribution in [0.2, 0.25) is 0 Å². The summed E-state index contributed by atoms with van der Waals surface area (Å²) in [6, 6.07) is 14.7. The zero-order valence-electron chi connectivity index (χ0n) is 13.0. The predicted molar refractivity (Wildman–Crippen MR) is 86.2 cm³/mol. The van der Waals surface area contributed by atoms with E-state index in [2.05, 4.69) is 24.0 Å². The number of halogens is 1. The van der Waals surface area contributed by atoms with Crippen molar-refractivity contribution in [3.63, 3.8) is 0 Å². The lowest BCUT2D eigenvalue weighted by atomic mass is 10.2. The van der Waals surface area contributed by atoms with Crippen molar-refractivity contribution in [2.24, 2.45) is 5.92 Å². The number of rotatable bonds is 5. The maximum absolute atomic E-state index is 13.1. The molecule has 2 aromatic carbocycles. The van der Waals surface area contributed by atoms with Gasteiger partial charge in [0.1, 0.15) is 18.2 Å². The van der Waals surface area contributed by atoms with Crippen LogP contribution in [0.5, 0.6) is 5.75 Å². The molecule has 1 aliphatic heterocycles.